The lowest BCUT2D eigenvalue weighted by atomic mass is 10.2. The Bertz CT molecular complexity index is 397. The maximum atomic E-state index is 12.1. The Morgan fingerprint density at radius 3 is 2.48 bits per heavy atom. The fourth-order valence-corrected chi connectivity index (χ4v) is 2.27. The fourth-order valence-electron chi connectivity index (χ4n) is 2.27. The Morgan fingerprint density at radius 2 is 1.86 bits per heavy atom. The van der Waals surface area contributed by atoms with E-state index in [2.05, 4.69) is 27.4 Å². The van der Waals surface area contributed by atoms with Crippen molar-refractivity contribution in [2.24, 2.45) is 4.99 Å². The topological polar surface area (TPSA) is 60.4 Å². The molecule has 2 aliphatic rings. The van der Waals surface area contributed by atoms with Gasteiger partial charge in [-0.25, -0.2) is 9.80 Å². The van der Waals surface area contributed by atoms with E-state index < -0.39 is 5.60 Å². The van der Waals surface area contributed by atoms with Crippen molar-refractivity contribution in [1.82, 2.24) is 20.2 Å². The van der Waals surface area contributed by atoms with Gasteiger partial charge in [0, 0.05) is 32.7 Å². The molecule has 120 valence electrons. The van der Waals surface area contributed by atoms with Gasteiger partial charge in [-0.05, 0) is 27.8 Å². The van der Waals surface area contributed by atoms with Crippen molar-refractivity contribution in [3.8, 4) is 0 Å². The molecule has 0 spiro atoms. The maximum Gasteiger partial charge on any atom is 0.410 e. The lowest BCUT2D eigenvalue weighted by molar-refractivity contribution is 0.0271. The first kappa shape index (κ1) is 16.0. The number of rotatable bonds is 1. The fraction of sp³-hybridized carbons (Fsp3) is 0.857. The van der Waals surface area contributed by atoms with Crippen LogP contribution in [0.4, 0.5) is 4.79 Å². The number of hydrogen-bond acceptors (Lipinski definition) is 6. The second-order valence-electron chi connectivity index (χ2n) is 6.63. The monoisotopic (exact) mass is 297 g/mol. The molecule has 0 radical (unpaired) electrons. The summed E-state index contributed by atoms with van der Waals surface area (Å²) in [5.41, 5.74) is 2.87. The summed E-state index contributed by atoms with van der Waals surface area (Å²) >= 11 is 0. The van der Waals surface area contributed by atoms with Crippen molar-refractivity contribution in [3.63, 3.8) is 0 Å². The zero-order valence-corrected chi connectivity index (χ0v) is 13.6. The number of aliphatic imine (C=N–C) groups is 1. The molecular weight excluding hydrogens is 270 g/mol. The van der Waals surface area contributed by atoms with E-state index in [1.54, 1.807) is 4.90 Å². The number of piperazine rings is 1. The van der Waals surface area contributed by atoms with Crippen LogP contribution in [0.15, 0.2) is 4.99 Å². The number of ether oxygens (including phenoxy) is 1. The molecule has 0 aromatic heterocycles. The summed E-state index contributed by atoms with van der Waals surface area (Å²) in [5, 5.41) is 2.16. The largest absolute Gasteiger partial charge is 0.444 e. The molecule has 0 aromatic carbocycles. The molecule has 0 aliphatic carbocycles. The Hall–Kier alpha value is -1.34. The summed E-state index contributed by atoms with van der Waals surface area (Å²) < 4.78 is 5.41. The zero-order chi connectivity index (χ0) is 15.5. The molecule has 0 unspecified atom stereocenters. The van der Waals surface area contributed by atoms with Crippen LogP contribution in [-0.2, 0) is 4.74 Å². The number of nitrogens with zero attached hydrogens (tertiary/aromatic N) is 4. The summed E-state index contributed by atoms with van der Waals surface area (Å²) in [6.45, 7) is 11.4. The first-order chi connectivity index (χ1) is 9.83. The van der Waals surface area contributed by atoms with Crippen LogP contribution >= 0.6 is 0 Å². The van der Waals surface area contributed by atoms with Crippen molar-refractivity contribution >= 4 is 11.9 Å². The van der Waals surface area contributed by atoms with Gasteiger partial charge in [0.05, 0.1) is 13.1 Å². The Labute approximate surface area is 126 Å². The van der Waals surface area contributed by atoms with Gasteiger partial charge in [-0.15, -0.1) is 0 Å². The van der Waals surface area contributed by atoms with Crippen molar-refractivity contribution in [2.75, 3.05) is 52.9 Å². The number of carbonyl (C=O) groups excluding carboxylic acids is 1. The van der Waals surface area contributed by atoms with Gasteiger partial charge in [-0.1, -0.05) is 0 Å². The number of hydrogen-bond donors (Lipinski definition) is 1. The molecule has 0 bridgehead atoms. The van der Waals surface area contributed by atoms with Crippen LogP contribution in [0.5, 0.6) is 0 Å². The summed E-state index contributed by atoms with van der Waals surface area (Å²) in [6, 6.07) is 0. The molecule has 1 saturated heterocycles. The summed E-state index contributed by atoms with van der Waals surface area (Å²) in [4.78, 5) is 20.6. The second kappa shape index (κ2) is 6.62. The minimum Gasteiger partial charge on any atom is -0.444 e. The highest BCUT2D eigenvalue weighted by Crippen LogP contribution is 2.11. The van der Waals surface area contributed by atoms with Gasteiger partial charge in [0.15, 0.2) is 0 Å². The molecule has 0 saturated carbocycles. The Morgan fingerprint density at radius 1 is 1.19 bits per heavy atom. The molecule has 21 heavy (non-hydrogen) atoms. The molecular formula is C14H27N5O2. The van der Waals surface area contributed by atoms with Gasteiger partial charge in [0.25, 0.3) is 0 Å². The average molecular weight is 297 g/mol. The van der Waals surface area contributed by atoms with Crippen LogP contribution in [0, 0.1) is 0 Å². The third kappa shape index (κ3) is 5.17. The van der Waals surface area contributed by atoms with Gasteiger partial charge >= 0.3 is 6.09 Å². The molecule has 2 heterocycles. The summed E-state index contributed by atoms with van der Waals surface area (Å²) in [5.74, 6) is 0.844. The average Bonchev–Trinajstić information content (AvgIpc) is 2.40. The number of amides is 1. The zero-order valence-electron chi connectivity index (χ0n) is 13.6. The molecule has 2 aliphatic heterocycles. The van der Waals surface area contributed by atoms with Gasteiger partial charge in [0.2, 0.25) is 0 Å². The number of amidine groups is 1. The number of hydrazine groups is 1. The minimum absolute atomic E-state index is 0.268. The predicted molar refractivity (Wildman–Crippen MR) is 82.3 cm³/mol. The Balaban J connectivity index is 1.83. The maximum absolute atomic E-state index is 12.1. The highest BCUT2D eigenvalue weighted by atomic mass is 16.6. The van der Waals surface area contributed by atoms with E-state index in [-0.39, 0.29) is 6.09 Å². The van der Waals surface area contributed by atoms with Crippen LogP contribution in [0.1, 0.15) is 20.8 Å². The highest BCUT2D eigenvalue weighted by Gasteiger charge is 2.26. The number of likely N-dealkylation sites (N-methyl/N-ethyl adjacent to an activating group) is 1. The normalized spacial score (nSPS) is 21.9. The molecule has 7 nitrogen and oxygen atoms in total. The molecule has 0 atom stereocenters. The summed E-state index contributed by atoms with van der Waals surface area (Å²) in [7, 11) is 2.12. The lowest BCUT2D eigenvalue weighted by Crippen LogP contribution is -2.56. The standard InChI is InChI=1S/C14H27N5O2/c1-14(2,3)21-13(20)18-6-5-15-12(11-18)16-19-9-7-17(4)8-10-19/h5-11H2,1-4H3,(H,15,16). The van der Waals surface area contributed by atoms with E-state index in [0.717, 1.165) is 32.0 Å². The molecule has 7 heteroatoms. The molecule has 1 N–H and O–H groups in total. The third-order valence-corrected chi connectivity index (χ3v) is 3.46. The molecule has 1 fully saturated rings. The van der Waals surface area contributed by atoms with Crippen LogP contribution in [-0.4, -0.2) is 85.2 Å². The van der Waals surface area contributed by atoms with Gasteiger partial charge in [-0.2, -0.15) is 0 Å². The van der Waals surface area contributed by atoms with Crippen molar-refractivity contribution < 1.29 is 9.53 Å². The second-order valence-corrected chi connectivity index (χ2v) is 6.63. The van der Waals surface area contributed by atoms with Gasteiger partial charge in [0.1, 0.15) is 11.4 Å². The predicted octanol–water partition coefficient (Wildman–Crippen LogP) is 0.388. The van der Waals surface area contributed by atoms with E-state index in [4.69, 9.17) is 4.74 Å². The highest BCUT2D eigenvalue weighted by molar-refractivity contribution is 5.87. The number of carbonyl (C=O) groups is 1. The van der Waals surface area contributed by atoms with Crippen molar-refractivity contribution in [1.29, 1.82) is 0 Å². The van der Waals surface area contributed by atoms with E-state index >= 15 is 0 Å². The van der Waals surface area contributed by atoms with Gasteiger partial charge in [-0.3, -0.25) is 9.89 Å². The van der Waals surface area contributed by atoms with Crippen LogP contribution in [0.2, 0.25) is 0 Å². The third-order valence-electron chi connectivity index (χ3n) is 3.46. The van der Waals surface area contributed by atoms with E-state index in [1.807, 2.05) is 20.8 Å². The van der Waals surface area contributed by atoms with Crippen LogP contribution < -0.4 is 5.43 Å². The van der Waals surface area contributed by atoms with Gasteiger partial charge < -0.3 is 15.1 Å². The van der Waals surface area contributed by atoms with Crippen LogP contribution in [0.3, 0.4) is 0 Å². The molecule has 2 rings (SSSR count). The summed E-state index contributed by atoms with van der Waals surface area (Å²) in [6.07, 6.45) is -0.268. The molecule has 1 amide bonds. The molecule has 0 aromatic rings. The smallest absolute Gasteiger partial charge is 0.410 e. The number of nitrogens with one attached hydrogen (secondary N) is 1. The van der Waals surface area contributed by atoms with E-state index in [1.165, 1.54) is 0 Å². The van der Waals surface area contributed by atoms with E-state index in [0.29, 0.717) is 19.6 Å². The lowest BCUT2D eigenvalue weighted by Gasteiger charge is -2.35. The van der Waals surface area contributed by atoms with E-state index in [9.17, 15) is 4.79 Å². The Kier molecular flexibility index (Phi) is 5.05. The SMILES string of the molecule is CN1CCN(NC2=NCCN(C(=O)OC(C)(C)C)C2)CC1. The first-order valence-electron chi connectivity index (χ1n) is 7.55. The minimum atomic E-state index is -0.462. The first-order valence-corrected chi connectivity index (χ1v) is 7.55. The van der Waals surface area contributed by atoms with Crippen molar-refractivity contribution in [2.45, 2.75) is 26.4 Å². The quantitative estimate of drug-likeness (QED) is 0.758. The van der Waals surface area contributed by atoms with Crippen molar-refractivity contribution in [3.05, 3.63) is 0 Å². The van der Waals surface area contributed by atoms with Crippen LogP contribution in [0.25, 0.3) is 0 Å².